The lowest BCUT2D eigenvalue weighted by Crippen LogP contribution is -2.42. The highest BCUT2D eigenvalue weighted by molar-refractivity contribution is 5.16. The highest BCUT2D eigenvalue weighted by Gasteiger charge is 2.42. The third-order valence-electron chi connectivity index (χ3n) is 5.14. The molecule has 2 fully saturated rings. The molecule has 132 valence electrons. The van der Waals surface area contributed by atoms with Crippen LogP contribution in [-0.4, -0.2) is 41.3 Å². The van der Waals surface area contributed by atoms with Crippen LogP contribution in [0.15, 0.2) is 48.8 Å². The van der Waals surface area contributed by atoms with E-state index >= 15 is 0 Å². The van der Waals surface area contributed by atoms with Crippen LogP contribution in [0.4, 0.5) is 4.39 Å². The van der Waals surface area contributed by atoms with E-state index in [4.69, 9.17) is 9.47 Å². The van der Waals surface area contributed by atoms with Gasteiger partial charge in [-0.25, -0.2) is 4.39 Å². The van der Waals surface area contributed by atoms with Crippen molar-refractivity contribution in [2.75, 3.05) is 13.2 Å². The predicted octanol–water partition coefficient (Wildman–Crippen LogP) is 3.17. The van der Waals surface area contributed by atoms with E-state index in [1.54, 1.807) is 6.20 Å². The number of hydrogen-bond acceptors (Lipinski definition) is 4. The molecule has 2 aromatic rings. The van der Waals surface area contributed by atoms with Crippen molar-refractivity contribution in [3.8, 4) is 0 Å². The first-order chi connectivity index (χ1) is 12.3. The van der Waals surface area contributed by atoms with Crippen molar-refractivity contribution < 1.29 is 13.9 Å². The number of hydrogen-bond donors (Lipinski definition) is 0. The molecule has 1 aromatic carbocycles. The first-order valence-corrected chi connectivity index (χ1v) is 8.90. The fourth-order valence-corrected chi connectivity index (χ4v) is 3.88. The Hall–Kier alpha value is -1.82. The average Bonchev–Trinajstić information content (AvgIpc) is 2.95. The Morgan fingerprint density at radius 3 is 2.84 bits per heavy atom. The molecule has 4 rings (SSSR count). The summed E-state index contributed by atoms with van der Waals surface area (Å²) in [6, 6.07) is 11.1. The summed E-state index contributed by atoms with van der Waals surface area (Å²) in [6.45, 7) is 2.95. The van der Waals surface area contributed by atoms with Crippen molar-refractivity contribution in [1.82, 2.24) is 9.88 Å². The number of rotatable bonds is 5. The smallest absolute Gasteiger partial charge is 0.123 e. The van der Waals surface area contributed by atoms with E-state index in [2.05, 4.69) is 9.88 Å². The second kappa shape index (κ2) is 7.60. The van der Waals surface area contributed by atoms with Gasteiger partial charge in [0.2, 0.25) is 0 Å². The lowest BCUT2D eigenvalue weighted by molar-refractivity contribution is -0.0614. The Labute approximate surface area is 147 Å². The van der Waals surface area contributed by atoms with E-state index in [1.807, 2.05) is 30.5 Å². The topological polar surface area (TPSA) is 34.6 Å². The number of ether oxygens (including phenoxy) is 2. The van der Waals surface area contributed by atoms with E-state index < -0.39 is 0 Å². The summed E-state index contributed by atoms with van der Waals surface area (Å²) in [6.07, 6.45) is 5.96. The molecule has 2 bridgehead atoms. The third-order valence-corrected chi connectivity index (χ3v) is 5.14. The van der Waals surface area contributed by atoms with Gasteiger partial charge in [0.15, 0.2) is 0 Å². The number of pyridine rings is 1. The van der Waals surface area contributed by atoms with E-state index in [0.29, 0.717) is 12.6 Å². The number of fused-ring (bicyclic) bond motifs is 2. The molecule has 25 heavy (non-hydrogen) atoms. The van der Waals surface area contributed by atoms with Gasteiger partial charge in [0.25, 0.3) is 0 Å². The molecule has 1 saturated carbocycles. The van der Waals surface area contributed by atoms with E-state index in [0.717, 1.165) is 43.7 Å². The summed E-state index contributed by atoms with van der Waals surface area (Å²) in [7, 11) is 0. The lowest BCUT2D eigenvalue weighted by Gasteiger charge is -2.31. The van der Waals surface area contributed by atoms with Gasteiger partial charge in [0.05, 0.1) is 25.4 Å². The minimum atomic E-state index is -0.193. The van der Waals surface area contributed by atoms with Crippen LogP contribution in [0.1, 0.15) is 24.0 Å². The van der Waals surface area contributed by atoms with Crippen molar-refractivity contribution in [2.45, 2.75) is 44.2 Å². The molecule has 0 N–H and O–H groups in total. The zero-order chi connectivity index (χ0) is 17.1. The molecule has 1 aliphatic carbocycles. The molecule has 1 saturated heterocycles. The molecule has 5 heteroatoms. The summed E-state index contributed by atoms with van der Waals surface area (Å²) < 4.78 is 25.4. The second-order valence-electron chi connectivity index (χ2n) is 6.79. The molecule has 1 aromatic heterocycles. The van der Waals surface area contributed by atoms with Gasteiger partial charge in [-0.3, -0.25) is 9.88 Å². The van der Waals surface area contributed by atoms with E-state index in [9.17, 15) is 4.39 Å². The Kier molecular flexibility index (Phi) is 5.06. The Balaban J connectivity index is 1.45. The van der Waals surface area contributed by atoms with Gasteiger partial charge in [-0.2, -0.15) is 0 Å². The van der Waals surface area contributed by atoms with Gasteiger partial charge in [-0.05, 0) is 42.2 Å². The van der Waals surface area contributed by atoms with Crippen LogP contribution in [0.3, 0.4) is 0 Å². The van der Waals surface area contributed by atoms with Gasteiger partial charge in [0.1, 0.15) is 5.82 Å². The standard InChI is InChI=1S/C20H23FN2O2/c21-17-5-3-15(4-6-17)13-23-10-11-24-19-8-7-18(23)20(19)25-14-16-2-1-9-22-12-16/h1-6,9,12,18-20H,7-8,10-11,13-14H2/t18-,19-,20+/m0/s1. The van der Waals surface area contributed by atoms with Crippen LogP contribution in [0, 0.1) is 5.82 Å². The molecule has 0 spiro atoms. The Bertz CT molecular complexity index is 680. The molecule has 1 aliphatic heterocycles. The number of aromatic nitrogens is 1. The molecule has 2 aliphatic rings. The SMILES string of the molecule is Fc1ccc(CN2CCO[C@H]3CC[C@H]2[C@H]3OCc2cccnc2)cc1. The van der Waals surface area contributed by atoms with Crippen molar-refractivity contribution in [1.29, 1.82) is 0 Å². The molecule has 0 radical (unpaired) electrons. The van der Waals surface area contributed by atoms with Crippen LogP contribution < -0.4 is 0 Å². The van der Waals surface area contributed by atoms with Crippen LogP contribution in [-0.2, 0) is 22.6 Å². The van der Waals surface area contributed by atoms with Crippen LogP contribution in [0.2, 0.25) is 0 Å². The van der Waals surface area contributed by atoms with Gasteiger partial charge < -0.3 is 9.47 Å². The van der Waals surface area contributed by atoms with Crippen molar-refractivity contribution in [3.05, 3.63) is 65.7 Å². The van der Waals surface area contributed by atoms with Crippen LogP contribution in [0.25, 0.3) is 0 Å². The highest BCUT2D eigenvalue weighted by atomic mass is 19.1. The zero-order valence-electron chi connectivity index (χ0n) is 14.2. The predicted molar refractivity (Wildman–Crippen MR) is 92.4 cm³/mol. The number of benzene rings is 1. The molecular formula is C20H23FN2O2. The second-order valence-corrected chi connectivity index (χ2v) is 6.79. The summed E-state index contributed by atoms with van der Waals surface area (Å²) in [4.78, 5) is 6.57. The van der Waals surface area contributed by atoms with Crippen LogP contribution >= 0.6 is 0 Å². The fraction of sp³-hybridized carbons (Fsp3) is 0.450. The monoisotopic (exact) mass is 342 g/mol. The van der Waals surface area contributed by atoms with Crippen molar-refractivity contribution >= 4 is 0 Å². The maximum absolute atomic E-state index is 13.1. The summed E-state index contributed by atoms with van der Waals surface area (Å²) in [5.41, 5.74) is 2.20. The fourth-order valence-electron chi connectivity index (χ4n) is 3.88. The minimum absolute atomic E-state index is 0.0724. The molecule has 0 unspecified atom stereocenters. The Morgan fingerprint density at radius 1 is 1.16 bits per heavy atom. The van der Waals surface area contributed by atoms with Crippen LogP contribution in [0.5, 0.6) is 0 Å². The first-order valence-electron chi connectivity index (χ1n) is 8.90. The summed E-state index contributed by atoms with van der Waals surface area (Å²) >= 11 is 0. The number of nitrogens with zero attached hydrogens (tertiary/aromatic N) is 2. The van der Waals surface area contributed by atoms with Crippen molar-refractivity contribution in [3.63, 3.8) is 0 Å². The van der Waals surface area contributed by atoms with Gasteiger partial charge in [0, 0.05) is 31.5 Å². The number of halogens is 1. The minimum Gasteiger partial charge on any atom is -0.374 e. The third kappa shape index (κ3) is 3.89. The quantitative estimate of drug-likeness (QED) is 0.836. The maximum atomic E-state index is 13.1. The first kappa shape index (κ1) is 16.6. The van der Waals surface area contributed by atoms with Crippen molar-refractivity contribution in [2.24, 2.45) is 0 Å². The van der Waals surface area contributed by atoms with Gasteiger partial charge in [-0.15, -0.1) is 0 Å². The van der Waals surface area contributed by atoms with Gasteiger partial charge >= 0.3 is 0 Å². The maximum Gasteiger partial charge on any atom is 0.123 e. The highest BCUT2D eigenvalue weighted by Crippen LogP contribution is 2.33. The van der Waals surface area contributed by atoms with E-state index in [-0.39, 0.29) is 18.0 Å². The molecule has 2 heterocycles. The normalized spacial score (nSPS) is 26.5. The molecule has 0 amide bonds. The van der Waals surface area contributed by atoms with Gasteiger partial charge in [-0.1, -0.05) is 18.2 Å². The lowest BCUT2D eigenvalue weighted by atomic mass is 10.1. The largest absolute Gasteiger partial charge is 0.374 e. The summed E-state index contributed by atoms with van der Waals surface area (Å²) in [5, 5.41) is 0. The molecular weight excluding hydrogens is 319 g/mol. The summed E-state index contributed by atoms with van der Waals surface area (Å²) in [5.74, 6) is -0.193. The molecule has 3 atom stereocenters. The zero-order valence-corrected chi connectivity index (χ0v) is 14.2. The molecule has 4 nitrogen and oxygen atoms in total. The van der Waals surface area contributed by atoms with E-state index in [1.165, 1.54) is 12.1 Å². The Morgan fingerprint density at radius 2 is 2.04 bits per heavy atom. The average molecular weight is 342 g/mol.